The van der Waals surface area contributed by atoms with E-state index in [4.69, 9.17) is 15.7 Å². The summed E-state index contributed by atoms with van der Waals surface area (Å²) in [7, 11) is 0. The zero-order valence-corrected chi connectivity index (χ0v) is 11.4. The van der Waals surface area contributed by atoms with Gasteiger partial charge < -0.3 is 15.7 Å². The summed E-state index contributed by atoms with van der Waals surface area (Å²) in [5.41, 5.74) is 5.24. The lowest BCUT2D eigenvalue weighted by Crippen LogP contribution is -2.25. The molecule has 1 aromatic heterocycles. The summed E-state index contributed by atoms with van der Waals surface area (Å²) in [4.78, 5) is 16.5. The average molecular weight is 295 g/mol. The minimum atomic E-state index is -0.605. The maximum Gasteiger partial charge on any atom is 0.331 e. The third kappa shape index (κ3) is 3.78. The van der Waals surface area contributed by atoms with E-state index in [9.17, 15) is 10.1 Å². The zero-order valence-electron chi connectivity index (χ0n) is 11.4. The van der Waals surface area contributed by atoms with Crippen LogP contribution in [0.25, 0.3) is 0 Å². The third-order valence-electron chi connectivity index (χ3n) is 3.28. The quantitative estimate of drug-likeness (QED) is 0.258. The predicted molar refractivity (Wildman–Crippen MR) is 74.6 cm³/mol. The van der Waals surface area contributed by atoms with E-state index in [0.29, 0.717) is 13.2 Å². The molecule has 0 aliphatic carbocycles. The molecule has 0 saturated carbocycles. The molecule has 3 N–H and O–H groups in total. The Labute approximate surface area is 121 Å². The van der Waals surface area contributed by atoms with Crippen LogP contribution in [0.3, 0.4) is 0 Å². The molecular formula is C12H17N5O4. The molecule has 0 atom stereocenters. The van der Waals surface area contributed by atoms with Crippen LogP contribution < -0.4 is 10.5 Å². The normalized spacial score (nSPS) is 16.1. The van der Waals surface area contributed by atoms with Gasteiger partial charge in [-0.1, -0.05) is 5.16 Å². The number of likely N-dealkylation sites (tertiary alicyclic amines) is 1. The Balaban J connectivity index is 2.05. The molecule has 2 rings (SSSR count). The van der Waals surface area contributed by atoms with Crippen molar-refractivity contribution in [2.75, 3.05) is 26.2 Å². The minimum absolute atomic E-state index is 0.0614. The number of nitrogens with two attached hydrogens (primary N) is 1. The molecule has 0 bridgehead atoms. The molecule has 21 heavy (non-hydrogen) atoms. The van der Waals surface area contributed by atoms with Crippen molar-refractivity contribution >= 4 is 11.5 Å². The van der Waals surface area contributed by atoms with E-state index in [1.807, 2.05) is 0 Å². The lowest BCUT2D eigenvalue weighted by molar-refractivity contribution is -0.386. The van der Waals surface area contributed by atoms with Gasteiger partial charge in [-0.05, 0) is 25.9 Å². The van der Waals surface area contributed by atoms with Crippen LogP contribution in [-0.4, -0.2) is 52.1 Å². The molecule has 0 radical (unpaired) electrons. The number of oxime groups is 1. The number of ether oxygens (including phenoxy) is 1. The van der Waals surface area contributed by atoms with Gasteiger partial charge in [0, 0.05) is 24.4 Å². The molecule has 1 aliphatic rings. The van der Waals surface area contributed by atoms with Gasteiger partial charge in [-0.3, -0.25) is 15.0 Å². The molecule has 9 nitrogen and oxygen atoms in total. The van der Waals surface area contributed by atoms with Gasteiger partial charge in [-0.15, -0.1) is 0 Å². The average Bonchev–Trinajstić information content (AvgIpc) is 2.99. The molecule has 2 heterocycles. The lowest BCUT2D eigenvalue weighted by atomic mass is 10.2. The van der Waals surface area contributed by atoms with E-state index in [2.05, 4.69) is 15.0 Å². The van der Waals surface area contributed by atoms with Crippen LogP contribution in [-0.2, 0) is 0 Å². The standard InChI is InChI=1S/C12H17N5O4/c13-11(15-18)9-7-10(17(19)20)12(14-8-9)21-6-5-16-3-1-2-4-16/h7-8,18H,1-6H2,(H2,13,15). The Hall–Kier alpha value is -2.42. The Morgan fingerprint density at radius 1 is 1.57 bits per heavy atom. The van der Waals surface area contributed by atoms with Gasteiger partial charge in [0.15, 0.2) is 5.84 Å². The second-order valence-corrected chi connectivity index (χ2v) is 4.69. The van der Waals surface area contributed by atoms with Crippen LogP contribution in [0.4, 0.5) is 5.69 Å². The summed E-state index contributed by atoms with van der Waals surface area (Å²) in [6.45, 7) is 3.10. The Morgan fingerprint density at radius 2 is 2.29 bits per heavy atom. The van der Waals surface area contributed by atoms with E-state index >= 15 is 0 Å². The van der Waals surface area contributed by atoms with Gasteiger partial charge >= 0.3 is 5.69 Å². The Morgan fingerprint density at radius 3 is 2.90 bits per heavy atom. The van der Waals surface area contributed by atoms with Crippen molar-refractivity contribution in [2.24, 2.45) is 10.9 Å². The summed E-state index contributed by atoms with van der Waals surface area (Å²) in [5, 5.41) is 22.4. The minimum Gasteiger partial charge on any atom is -0.471 e. The molecule has 1 aliphatic heterocycles. The van der Waals surface area contributed by atoms with Crippen molar-refractivity contribution in [3.05, 3.63) is 27.9 Å². The Kier molecular flexibility index (Phi) is 4.88. The van der Waals surface area contributed by atoms with Gasteiger partial charge in [-0.25, -0.2) is 4.98 Å². The first-order valence-corrected chi connectivity index (χ1v) is 6.59. The van der Waals surface area contributed by atoms with E-state index < -0.39 is 4.92 Å². The molecule has 1 fully saturated rings. The molecule has 1 saturated heterocycles. The highest BCUT2D eigenvalue weighted by atomic mass is 16.6. The van der Waals surface area contributed by atoms with E-state index in [1.54, 1.807) is 0 Å². The van der Waals surface area contributed by atoms with Crippen LogP contribution in [0.15, 0.2) is 17.4 Å². The number of pyridine rings is 1. The lowest BCUT2D eigenvalue weighted by Gasteiger charge is -2.14. The van der Waals surface area contributed by atoms with Crippen LogP contribution in [0.2, 0.25) is 0 Å². The maximum absolute atomic E-state index is 11.0. The van der Waals surface area contributed by atoms with Gasteiger partial charge in [0.1, 0.15) is 6.61 Å². The molecule has 1 aromatic rings. The number of hydrogen-bond donors (Lipinski definition) is 2. The van der Waals surface area contributed by atoms with Crippen LogP contribution in [0.1, 0.15) is 18.4 Å². The monoisotopic (exact) mass is 295 g/mol. The first kappa shape index (κ1) is 15.0. The van der Waals surface area contributed by atoms with Gasteiger partial charge in [0.2, 0.25) is 0 Å². The van der Waals surface area contributed by atoms with Crippen LogP contribution in [0, 0.1) is 10.1 Å². The summed E-state index contributed by atoms with van der Waals surface area (Å²) >= 11 is 0. The van der Waals surface area contributed by atoms with Gasteiger partial charge in [-0.2, -0.15) is 0 Å². The maximum atomic E-state index is 11.0. The molecular weight excluding hydrogens is 278 g/mol. The van der Waals surface area contributed by atoms with Crippen molar-refractivity contribution in [1.82, 2.24) is 9.88 Å². The predicted octanol–water partition coefficient (Wildman–Crippen LogP) is 0.559. The number of nitro groups is 1. The second kappa shape index (κ2) is 6.84. The highest BCUT2D eigenvalue weighted by Crippen LogP contribution is 2.25. The molecule has 0 spiro atoms. The van der Waals surface area contributed by atoms with Crippen molar-refractivity contribution in [3.8, 4) is 5.88 Å². The van der Waals surface area contributed by atoms with Crippen LogP contribution in [0.5, 0.6) is 5.88 Å². The topological polar surface area (TPSA) is 127 Å². The van der Waals surface area contributed by atoms with E-state index in [0.717, 1.165) is 13.1 Å². The number of rotatable bonds is 6. The molecule has 9 heteroatoms. The first-order chi connectivity index (χ1) is 10.1. The number of nitrogens with zero attached hydrogens (tertiary/aromatic N) is 4. The fourth-order valence-electron chi connectivity index (χ4n) is 2.16. The summed E-state index contributed by atoms with van der Waals surface area (Å²) in [6, 6.07) is 1.17. The fourth-order valence-corrected chi connectivity index (χ4v) is 2.16. The Bertz CT molecular complexity index is 542. The summed E-state index contributed by atoms with van der Waals surface area (Å²) in [5.74, 6) is -0.303. The van der Waals surface area contributed by atoms with Crippen molar-refractivity contribution in [3.63, 3.8) is 0 Å². The largest absolute Gasteiger partial charge is 0.471 e. The number of hydrogen-bond acceptors (Lipinski definition) is 7. The molecule has 0 unspecified atom stereocenters. The molecule has 114 valence electrons. The number of amidine groups is 1. The smallest absolute Gasteiger partial charge is 0.331 e. The van der Waals surface area contributed by atoms with Gasteiger partial charge in [0.25, 0.3) is 5.88 Å². The van der Waals surface area contributed by atoms with Gasteiger partial charge in [0.05, 0.1) is 4.92 Å². The van der Waals surface area contributed by atoms with Crippen molar-refractivity contribution in [1.29, 1.82) is 0 Å². The second-order valence-electron chi connectivity index (χ2n) is 4.69. The SMILES string of the molecule is NC(=NO)c1cnc(OCCN2CCCC2)c([N+](=O)[O-])c1. The summed E-state index contributed by atoms with van der Waals surface area (Å²) in [6.07, 6.45) is 3.62. The zero-order chi connectivity index (χ0) is 15.2. The molecule has 0 amide bonds. The van der Waals surface area contributed by atoms with Crippen molar-refractivity contribution < 1.29 is 14.9 Å². The first-order valence-electron chi connectivity index (χ1n) is 6.59. The van der Waals surface area contributed by atoms with Crippen LogP contribution >= 0.6 is 0 Å². The number of aromatic nitrogens is 1. The molecule has 0 aromatic carbocycles. The van der Waals surface area contributed by atoms with Crippen molar-refractivity contribution in [2.45, 2.75) is 12.8 Å². The third-order valence-corrected chi connectivity index (χ3v) is 3.28. The van der Waals surface area contributed by atoms with E-state index in [1.165, 1.54) is 25.1 Å². The summed E-state index contributed by atoms with van der Waals surface area (Å²) < 4.78 is 5.39. The highest BCUT2D eigenvalue weighted by molar-refractivity contribution is 5.97. The highest BCUT2D eigenvalue weighted by Gasteiger charge is 2.20. The van der Waals surface area contributed by atoms with E-state index in [-0.39, 0.29) is 23.0 Å². The fraction of sp³-hybridized carbons (Fsp3) is 0.500.